The van der Waals surface area contributed by atoms with Crippen LogP contribution in [0.3, 0.4) is 0 Å². The standard InChI is InChI=1S/C13H17BrN2O/c1-15-12-3-2-8-16(9-12)13(17)10-4-6-11(14)7-5-10/h4-7,12,15H,2-3,8-9H2,1H3. The number of halogens is 1. The number of carbonyl (C=O) groups is 1. The molecule has 92 valence electrons. The van der Waals surface area contributed by atoms with Gasteiger partial charge in [0, 0.05) is 29.2 Å². The Balaban J connectivity index is 2.06. The summed E-state index contributed by atoms with van der Waals surface area (Å²) in [7, 11) is 1.96. The van der Waals surface area contributed by atoms with Crippen LogP contribution >= 0.6 is 15.9 Å². The molecule has 4 heteroatoms. The van der Waals surface area contributed by atoms with E-state index in [9.17, 15) is 4.79 Å². The van der Waals surface area contributed by atoms with E-state index in [1.54, 1.807) is 0 Å². The Hall–Kier alpha value is -0.870. The summed E-state index contributed by atoms with van der Waals surface area (Å²) in [5.41, 5.74) is 0.768. The van der Waals surface area contributed by atoms with Gasteiger partial charge in [-0.25, -0.2) is 0 Å². The molecule has 0 aliphatic carbocycles. The highest BCUT2D eigenvalue weighted by atomic mass is 79.9. The topological polar surface area (TPSA) is 32.3 Å². The van der Waals surface area contributed by atoms with Gasteiger partial charge in [0.2, 0.25) is 0 Å². The van der Waals surface area contributed by atoms with Crippen LogP contribution < -0.4 is 5.32 Å². The van der Waals surface area contributed by atoms with Crippen LogP contribution in [0.5, 0.6) is 0 Å². The van der Waals surface area contributed by atoms with Gasteiger partial charge < -0.3 is 10.2 Å². The van der Waals surface area contributed by atoms with Crippen LogP contribution in [0.25, 0.3) is 0 Å². The zero-order chi connectivity index (χ0) is 12.3. The van der Waals surface area contributed by atoms with Crippen LogP contribution in [0.4, 0.5) is 0 Å². The van der Waals surface area contributed by atoms with Crippen molar-refractivity contribution in [2.75, 3.05) is 20.1 Å². The Morgan fingerprint density at radius 2 is 2.12 bits per heavy atom. The highest BCUT2D eigenvalue weighted by Gasteiger charge is 2.23. The number of nitrogens with zero attached hydrogens (tertiary/aromatic N) is 1. The minimum Gasteiger partial charge on any atom is -0.337 e. The average Bonchev–Trinajstić information content (AvgIpc) is 2.39. The second-order valence-electron chi connectivity index (χ2n) is 4.39. The lowest BCUT2D eigenvalue weighted by atomic mass is 10.0. The van der Waals surface area contributed by atoms with E-state index in [1.807, 2.05) is 36.2 Å². The number of hydrogen-bond donors (Lipinski definition) is 1. The first-order chi connectivity index (χ1) is 8.20. The quantitative estimate of drug-likeness (QED) is 0.908. The third-order valence-electron chi connectivity index (χ3n) is 3.21. The molecule has 0 aromatic heterocycles. The van der Waals surface area contributed by atoms with Crippen LogP contribution in [-0.4, -0.2) is 37.0 Å². The van der Waals surface area contributed by atoms with Crippen molar-refractivity contribution in [1.29, 1.82) is 0 Å². The number of likely N-dealkylation sites (N-methyl/N-ethyl adjacent to an activating group) is 1. The summed E-state index contributed by atoms with van der Waals surface area (Å²) in [5.74, 6) is 0.137. The van der Waals surface area contributed by atoms with Gasteiger partial charge in [0.25, 0.3) is 5.91 Å². The summed E-state index contributed by atoms with van der Waals surface area (Å²) in [6.07, 6.45) is 2.23. The maximum Gasteiger partial charge on any atom is 0.253 e. The zero-order valence-electron chi connectivity index (χ0n) is 9.95. The first kappa shape index (κ1) is 12.6. The molecule has 2 rings (SSSR count). The Bertz CT molecular complexity index is 391. The lowest BCUT2D eigenvalue weighted by molar-refractivity contribution is 0.0698. The van der Waals surface area contributed by atoms with Gasteiger partial charge in [-0.3, -0.25) is 4.79 Å². The molecule has 1 aliphatic rings. The molecule has 1 atom stereocenters. The molecule has 1 saturated heterocycles. The monoisotopic (exact) mass is 296 g/mol. The first-order valence-corrected chi connectivity index (χ1v) is 6.72. The molecule has 3 nitrogen and oxygen atoms in total. The minimum atomic E-state index is 0.137. The number of piperidine rings is 1. The smallest absolute Gasteiger partial charge is 0.253 e. The molecule has 1 N–H and O–H groups in total. The molecular formula is C13H17BrN2O. The van der Waals surface area contributed by atoms with E-state index in [0.29, 0.717) is 6.04 Å². The number of nitrogens with one attached hydrogen (secondary N) is 1. The van der Waals surface area contributed by atoms with Crippen LogP contribution in [-0.2, 0) is 0 Å². The third-order valence-corrected chi connectivity index (χ3v) is 3.74. The average molecular weight is 297 g/mol. The predicted octanol–water partition coefficient (Wildman–Crippen LogP) is 2.27. The normalized spacial score (nSPS) is 20.4. The number of amides is 1. The van der Waals surface area contributed by atoms with Crippen molar-refractivity contribution in [3.63, 3.8) is 0 Å². The highest BCUT2D eigenvalue weighted by molar-refractivity contribution is 9.10. The highest BCUT2D eigenvalue weighted by Crippen LogP contribution is 2.16. The van der Waals surface area contributed by atoms with Gasteiger partial charge in [-0.2, -0.15) is 0 Å². The van der Waals surface area contributed by atoms with E-state index in [-0.39, 0.29) is 5.91 Å². The number of carbonyl (C=O) groups excluding carboxylic acids is 1. The number of benzene rings is 1. The molecule has 0 saturated carbocycles. The molecule has 1 heterocycles. The fraction of sp³-hybridized carbons (Fsp3) is 0.462. The van der Waals surface area contributed by atoms with Crippen molar-refractivity contribution in [3.8, 4) is 0 Å². The third kappa shape index (κ3) is 3.07. The van der Waals surface area contributed by atoms with Crippen molar-refractivity contribution < 1.29 is 4.79 Å². The number of hydrogen-bond acceptors (Lipinski definition) is 2. The molecule has 1 amide bonds. The molecule has 17 heavy (non-hydrogen) atoms. The second-order valence-corrected chi connectivity index (χ2v) is 5.30. The molecule has 1 fully saturated rings. The van der Waals surface area contributed by atoms with Gasteiger partial charge in [-0.15, -0.1) is 0 Å². The molecule has 0 radical (unpaired) electrons. The van der Waals surface area contributed by atoms with Crippen molar-refractivity contribution in [1.82, 2.24) is 10.2 Å². The molecular weight excluding hydrogens is 280 g/mol. The lowest BCUT2D eigenvalue weighted by Crippen LogP contribution is -2.46. The van der Waals surface area contributed by atoms with E-state index in [4.69, 9.17) is 0 Å². The zero-order valence-corrected chi connectivity index (χ0v) is 11.5. The van der Waals surface area contributed by atoms with E-state index in [1.165, 1.54) is 0 Å². The van der Waals surface area contributed by atoms with Gasteiger partial charge >= 0.3 is 0 Å². The van der Waals surface area contributed by atoms with Crippen LogP contribution in [0.2, 0.25) is 0 Å². The molecule has 0 bridgehead atoms. The summed E-state index contributed by atoms with van der Waals surface area (Å²) in [6, 6.07) is 7.99. The maximum atomic E-state index is 12.3. The van der Waals surface area contributed by atoms with Crippen molar-refractivity contribution >= 4 is 21.8 Å². The summed E-state index contributed by atoms with van der Waals surface area (Å²) >= 11 is 3.38. The summed E-state index contributed by atoms with van der Waals surface area (Å²) < 4.78 is 1.00. The number of likely N-dealkylation sites (tertiary alicyclic amines) is 1. The van der Waals surface area contributed by atoms with Crippen molar-refractivity contribution in [2.45, 2.75) is 18.9 Å². The molecule has 1 aromatic rings. The predicted molar refractivity (Wildman–Crippen MR) is 72.1 cm³/mol. The van der Waals surface area contributed by atoms with Crippen molar-refractivity contribution in [3.05, 3.63) is 34.3 Å². The molecule has 0 spiro atoms. The van der Waals surface area contributed by atoms with E-state index < -0.39 is 0 Å². The fourth-order valence-corrected chi connectivity index (χ4v) is 2.44. The Morgan fingerprint density at radius 1 is 1.41 bits per heavy atom. The van der Waals surface area contributed by atoms with Gasteiger partial charge in [0.05, 0.1) is 0 Å². The SMILES string of the molecule is CNC1CCCN(C(=O)c2ccc(Br)cc2)C1. The molecule has 1 aliphatic heterocycles. The minimum absolute atomic E-state index is 0.137. The molecule has 1 aromatic carbocycles. The van der Waals surface area contributed by atoms with E-state index in [0.717, 1.165) is 36.0 Å². The summed E-state index contributed by atoms with van der Waals surface area (Å²) in [4.78, 5) is 14.2. The van der Waals surface area contributed by atoms with Crippen molar-refractivity contribution in [2.24, 2.45) is 0 Å². The Kier molecular flexibility index (Phi) is 4.18. The maximum absolute atomic E-state index is 12.3. The Labute approximate surface area is 110 Å². The summed E-state index contributed by atoms with van der Waals surface area (Å²) in [5, 5.41) is 3.25. The van der Waals surface area contributed by atoms with Gasteiger partial charge in [-0.05, 0) is 44.2 Å². The second kappa shape index (κ2) is 5.65. The molecule has 1 unspecified atom stereocenters. The van der Waals surface area contributed by atoms with E-state index >= 15 is 0 Å². The van der Waals surface area contributed by atoms with Gasteiger partial charge in [0.1, 0.15) is 0 Å². The largest absolute Gasteiger partial charge is 0.337 e. The Morgan fingerprint density at radius 3 is 2.76 bits per heavy atom. The lowest BCUT2D eigenvalue weighted by Gasteiger charge is -2.32. The van der Waals surface area contributed by atoms with Gasteiger partial charge in [0.15, 0.2) is 0 Å². The van der Waals surface area contributed by atoms with Crippen LogP contribution in [0.1, 0.15) is 23.2 Å². The van der Waals surface area contributed by atoms with Crippen LogP contribution in [0.15, 0.2) is 28.7 Å². The van der Waals surface area contributed by atoms with E-state index in [2.05, 4.69) is 21.2 Å². The van der Waals surface area contributed by atoms with Gasteiger partial charge in [-0.1, -0.05) is 15.9 Å². The van der Waals surface area contributed by atoms with Crippen LogP contribution in [0, 0.1) is 0 Å². The first-order valence-electron chi connectivity index (χ1n) is 5.93. The number of rotatable bonds is 2. The summed E-state index contributed by atoms with van der Waals surface area (Å²) in [6.45, 7) is 1.68. The fourth-order valence-electron chi connectivity index (χ4n) is 2.17.